The number of anilines is 2. The smallest absolute Gasteiger partial charge is 0.225 e. The minimum atomic E-state index is 0.646. The summed E-state index contributed by atoms with van der Waals surface area (Å²) >= 11 is 0. The minimum absolute atomic E-state index is 0.646. The van der Waals surface area contributed by atoms with Gasteiger partial charge >= 0.3 is 0 Å². The van der Waals surface area contributed by atoms with E-state index in [1.165, 1.54) is 5.56 Å². The molecule has 5 heteroatoms. The van der Waals surface area contributed by atoms with Crippen molar-refractivity contribution in [2.75, 3.05) is 23.9 Å². The van der Waals surface area contributed by atoms with E-state index in [4.69, 9.17) is 9.72 Å². The lowest BCUT2D eigenvalue weighted by molar-refractivity contribution is 0.414. The van der Waals surface area contributed by atoms with Crippen molar-refractivity contribution in [1.82, 2.24) is 9.97 Å². The van der Waals surface area contributed by atoms with Crippen molar-refractivity contribution in [3.8, 4) is 5.75 Å². The van der Waals surface area contributed by atoms with E-state index in [0.717, 1.165) is 35.9 Å². The van der Waals surface area contributed by atoms with Gasteiger partial charge in [-0.3, -0.25) is 0 Å². The molecule has 1 N–H and O–H groups in total. The molecule has 2 aromatic carbocycles. The van der Waals surface area contributed by atoms with Crippen LogP contribution < -0.4 is 15.0 Å². The van der Waals surface area contributed by atoms with Crippen LogP contribution in [0.5, 0.6) is 5.75 Å². The summed E-state index contributed by atoms with van der Waals surface area (Å²) in [6.07, 6.45) is 0. The van der Waals surface area contributed by atoms with Crippen molar-refractivity contribution in [1.29, 1.82) is 0 Å². The molecule has 5 nitrogen and oxygen atoms in total. The number of ether oxygens (including phenoxy) is 1. The van der Waals surface area contributed by atoms with Gasteiger partial charge in [-0.25, -0.2) is 4.98 Å². The van der Waals surface area contributed by atoms with Gasteiger partial charge in [0.1, 0.15) is 11.6 Å². The Hall–Kier alpha value is -3.08. The fourth-order valence-corrected chi connectivity index (χ4v) is 2.88. The number of rotatable bonds is 8. The second kappa shape index (κ2) is 9.03. The predicted octanol–water partition coefficient (Wildman–Crippen LogP) is 4.43. The van der Waals surface area contributed by atoms with Crippen LogP contribution in [0, 0.1) is 6.92 Å². The molecular weight excluding hydrogens is 336 g/mol. The van der Waals surface area contributed by atoms with E-state index in [1.807, 2.05) is 43.3 Å². The zero-order valence-corrected chi connectivity index (χ0v) is 16.1. The number of methoxy groups -OCH3 is 1. The number of nitrogens with one attached hydrogen (secondary N) is 1. The second-order valence-corrected chi connectivity index (χ2v) is 6.39. The fourth-order valence-electron chi connectivity index (χ4n) is 2.88. The van der Waals surface area contributed by atoms with E-state index in [-0.39, 0.29) is 0 Å². The third kappa shape index (κ3) is 5.20. The van der Waals surface area contributed by atoms with Crippen LogP contribution in [0.3, 0.4) is 0 Å². The van der Waals surface area contributed by atoms with Crippen molar-refractivity contribution in [3.63, 3.8) is 0 Å². The lowest BCUT2D eigenvalue weighted by Crippen LogP contribution is -2.23. The minimum Gasteiger partial charge on any atom is -0.497 e. The Kier molecular flexibility index (Phi) is 6.26. The largest absolute Gasteiger partial charge is 0.497 e. The summed E-state index contributed by atoms with van der Waals surface area (Å²) in [5.41, 5.74) is 3.37. The quantitative estimate of drug-likeness (QED) is 0.642. The molecule has 0 atom stereocenters. The van der Waals surface area contributed by atoms with Gasteiger partial charge < -0.3 is 15.0 Å². The van der Waals surface area contributed by atoms with Crippen LogP contribution in [0.15, 0.2) is 60.7 Å². The molecule has 0 bridgehead atoms. The third-order valence-corrected chi connectivity index (χ3v) is 4.37. The molecule has 0 saturated carbocycles. The van der Waals surface area contributed by atoms with Crippen molar-refractivity contribution in [3.05, 3.63) is 77.5 Å². The SMILES string of the molecule is CCN(Cc1ccccc1)c1cc(C)nc(NCc2ccc(OC)cc2)n1. The topological polar surface area (TPSA) is 50.3 Å². The Balaban J connectivity index is 1.72. The first-order valence-corrected chi connectivity index (χ1v) is 9.19. The Morgan fingerprint density at radius 1 is 0.963 bits per heavy atom. The average molecular weight is 362 g/mol. The Morgan fingerprint density at radius 3 is 2.37 bits per heavy atom. The van der Waals surface area contributed by atoms with Crippen molar-refractivity contribution in [2.24, 2.45) is 0 Å². The molecule has 3 aromatic rings. The van der Waals surface area contributed by atoms with Crippen LogP contribution in [-0.4, -0.2) is 23.6 Å². The monoisotopic (exact) mass is 362 g/mol. The lowest BCUT2D eigenvalue weighted by atomic mass is 10.2. The zero-order valence-electron chi connectivity index (χ0n) is 16.1. The molecule has 0 unspecified atom stereocenters. The maximum absolute atomic E-state index is 5.20. The normalized spacial score (nSPS) is 10.5. The molecule has 0 aliphatic heterocycles. The van der Waals surface area contributed by atoms with Gasteiger partial charge in [-0.2, -0.15) is 4.98 Å². The Morgan fingerprint density at radius 2 is 1.70 bits per heavy atom. The molecule has 0 spiro atoms. The highest BCUT2D eigenvalue weighted by atomic mass is 16.5. The maximum Gasteiger partial charge on any atom is 0.225 e. The molecule has 1 heterocycles. The van der Waals surface area contributed by atoms with Crippen molar-refractivity contribution >= 4 is 11.8 Å². The van der Waals surface area contributed by atoms with E-state index in [2.05, 4.69) is 46.4 Å². The van der Waals surface area contributed by atoms with Crippen LogP contribution in [0.4, 0.5) is 11.8 Å². The molecule has 0 aliphatic rings. The summed E-state index contributed by atoms with van der Waals surface area (Å²) in [6.45, 7) is 6.51. The number of nitrogens with zero attached hydrogens (tertiary/aromatic N) is 3. The average Bonchev–Trinajstić information content (AvgIpc) is 2.71. The molecule has 0 fully saturated rings. The second-order valence-electron chi connectivity index (χ2n) is 6.39. The zero-order chi connectivity index (χ0) is 19.1. The summed E-state index contributed by atoms with van der Waals surface area (Å²) in [4.78, 5) is 11.5. The fraction of sp³-hybridized carbons (Fsp3) is 0.273. The number of benzene rings is 2. The van der Waals surface area contributed by atoms with E-state index in [0.29, 0.717) is 12.5 Å². The van der Waals surface area contributed by atoms with Crippen molar-refractivity contribution < 1.29 is 4.74 Å². The summed E-state index contributed by atoms with van der Waals surface area (Å²) in [5, 5.41) is 3.33. The summed E-state index contributed by atoms with van der Waals surface area (Å²) in [6, 6.07) is 20.5. The van der Waals surface area contributed by atoms with Crippen LogP contribution in [-0.2, 0) is 13.1 Å². The van der Waals surface area contributed by atoms with E-state index in [9.17, 15) is 0 Å². The van der Waals surface area contributed by atoms with Gasteiger partial charge in [0.25, 0.3) is 0 Å². The number of aromatic nitrogens is 2. The summed E-state index contributed by atoms with van der Waals surface area (Å²) < 4.78 is 5.20. The molecule has 1 aromatic heterocycles. The third-order valence-electron chi connectivity index (χ3n) is 4.37. The van der Waals surface area contributed by atoms with E-state index >= 15 is 0 Å². The highest BCUT2D eigenvalue weighted by Crippen LogP contribution is 2.18. The van der Waals surface area contributed by atoms with Crippen LogP contribution in [0.1, 0.15) is 23.7 Å². The van der Waals surface area contributed by atoms with Gasteiger partial charge in [0.15, 0.2) is 0 Å². The van der Waals surface area contributed by atoms with Gasteiger partial charge in [0.05, 0.1) is 7.11 Å². The molecule has 3 rings (SSSR count). The number of aryl methyl sites for hydroxylation is 1. The molecule has 27 heavy (non-hydrogen) atoms. The molecule has 140 valence electrons. The maximum atomic E-state index is 5.20. The lowest BCUT2D eigenvalue weighted by Gasteiger charge is -2.23. The van der Waals surface area contributed by atoms with E-state index in [1.54, 1.807) is 7.11 Å². The Bertz CT molecular complexity index is 850. The number of hydrogen-bond donors (Lipinski definition) is 1. The summed E-state index contributed by atoms with van der Waals surface area (Å²) in [5.74, 6) is 2.44. The van der Waals surface area contributed by atoms with Gasteiger partial charge in [0, 0.05) is 31.4 Å². The first-order chi connectivity index (χ1) is 13.2. The molecule has 0 aliphatic carbocycles. The predicted molar refractivity (Wildman–Crippen MR) is 110 cm³/mol. The standard InChI is InChI=1S/C22H26N4O/c1-4-26(16-19-8-6-5-7-9-19)21-14-17(2)24-22(25-21)23-15-18-10-12-20(27-3)13-11-18/h5-14H,4,15-16H2,1-3H3,(H,23,24,25). The number of hydrogen-bond acceptors (Lipinski definition) is 5. The first kappa shape index (κ1) is 18.7. The molecule has 0 saturated heterocycles. The van der Waals surface area contributed by atoms with Crippen molar-refractivity contribution in [2.45, 2.75) is 26.9 Å². The highest BCUT2D eigenvalue weighted by Gasteiger charge is 2.10. The van der Waals surface area contributed by atoms with Crippen LogP contribution in [0.2, 0.25) is 0 Å². The van der Waals surface area contributed by atoms with Gasteiger partial charge in [-0.05, 0) is 37.1 Å². The molecule has 0 radical (unpaired) electrons. The first-order valence-electron chi connectivity index (χ1n) is 9.19. The van der Waals surface area contributed by atoms with Crippen LogP contribution in [0.25, 0.3) is 0 Å². The van der Waals surface area contributed by atoms with Gasteiger partial charge in [-0.15, -0.1) is 0 Å². The van der Waals surface area contributed by atoms with Gasteiger partial charge in [0.2, 0.25) is 5.95 Å². The highest BCUT2D eigenvalue weighted by molar-refractivity contribution is 5.45. The summed E-state index contributed by atoms with van der Waals surface area (Å²) in [7, 11) is 1.67. The molecule has 0 amide bonds. The van der Waals surface area contributed by atoms with Gasteiger partial charge in [-0.1, -0.05) is 42.5 Å². The Labute approximate surface area is 161 Å². The van der Waals surface area contributed by atoms with Crippen LogP contribution >= 0.6 is 0 Å². The van der Waals surface area contributed by atoms with E-state index < -0.39 is 0 Å². The molecular formula is C22H26N4O.